The molecular formula is C36H38O12. The van der Waals surface area contributed by atoms with Gasteiger partial charge in [-0.2, -0.15) is 0 Å². The summed E-state index contributed by atoms with van der Waals surface area (Å²) in [4.78, 5) is 48.0. The van der Waals surface area contributed by atoms with E-state index >= 15 is 0 Å². The van der Waals surface area contributed by atoms with Crippen molar-refractivity contribution >= 4 is 23.9 Å². The number of unbranched alkanes of at least 4 members (excludes halogenated alkanes) is 2. The van der Waals surface area contributed by atoms with Crippen LogP contribution in [0.1, 0.15) is 46.4 Å². The van der Waals surface area contributed by atoms with Gasteiger partial charge in [-0.15, -0.1) is 0 Å². The second-order valence-electron chi connectivity index (χ2n) is 10.2. The van der Waals surface area contributed by atoms with Crippen LogP contribution in [0.2, 0.25) is 0 Å². The molecule has 0 spiro atoms. The van der Waals surface area contributed by atoms with Crippen LogP contribution in [0.15, 0.2) is 97.1 Å². The lowest BCUT2D eigenvalue weighted by atomic mass is 10.2. The first-order chi connectivity index (χ1) is 23.2. The minimum atomic E-state index is -0.622. The summed E-state index contributed by atoms with van der Waals surface area (Å²) in [5.74, 6) is -0.751. The number of aliphatic hydroxyl groups is 2. The Balaban J connectivity index is 1.34. The summed E-state index contributed by atoms with van der Waals surface area (Å²) in [5.41, 5.74) is 0.638. The van der Waals surface area contributed by atoms with Crippen molar-refractivity contribution in [3.63, 3.8) is 0 Å². The lowest BCUT2D eigenvalue weighted by Crippen LogP contribution is -2.11. The first-order valence-corrected chi connectivity index (χ1v) is 15.1. The fourth-order valence-corrected chi connectivity index (χ4v) is 3.73. The monoisotopic (exact) mass is 662 g/mol. The number of benzene rings is 3. The predicted molar refractivity (Wildman–Crippen MR) is 173 cm³/mol. The maximum atomic E-state index is 12.6. The molecule has 3 rings (SSSR count). The van der Waals surface area contributed by atoms with Crippen LogP contribution in [0.25, 0.3) is 0 Å². The van der Waals surface area contributed by atoms with Gasteiger partial charge < -0.3 is 38.6 Å². The molecule has 0 unspecified atom stereocenters. The highest BCUT2D eigenvalue weighted by molar-refractivity contribution is 5.92. The summed E-state index contributed by atoms with van der Waals surface area (Å²) in [6.07, 6.45) is 2.41. The Morgan fingerprint density at radius 2 is 0.792 bits per heavy atom. The maximum Gasteiger partial charge on any atom is 0.343 e. The number of hydrogen-bond donors (Lipinski definition) is 2. The summed E-state index contributed by atoms with van der Waals surface area (Å²) in [7, 11) is 0. The molecule has 0 heterocycles. The molecule has 0 radical (unpaired) electrons. The lowest BCUT2D eigenvalue weighted by Gasteiger charge is -2.09. The standard InChI is InChI=1S/C36H38O12/c1-25(23-37)33(39)45-21-5-3-19-43-29-11-7-27(8-12-29)35(41)47-31-15-17-32(18-16-31)48-36(42)28-9-13-30(14-10-28)44-20-4-6-22-46-34(40)26(2)24-38/h7-18,37-38H,1-6,19-24H2. The summed E-state index contributed by atoms with van der Waals surface area (Å²) in [5, 5.41) is 17.7. The van der Waals surface area contributed by atoms with E-state index in [2.05, 4.69) is 13.2 Å². The molecule has 0 aliphatic heterocycles. The fraction of sp³-hybridized carbons (Fsp3) is 0.278. The minimum absolute atomic E-state index is 0.00612. The lowest BCUT2D eigenvalue weighted by molar-refractivity contribution is -0.140. The molecule has 3 aromatic carbocycles. The second kappa shape index (κ2) is 19.9. The molecule has 0 saturated carbocycles. The molecule has 0 atom stereocenters. The van der Waals surface area contributed by atoms with Gasteiger partial charge in [-0.25, -0.2) is 19.2 Å². The first-order valence-electron chi connectivity index (χ1n) is 15.1. The van der Waals surface area contributed by atoms with Crippen LogP contribution in [0.4, 0.5) is 0 Å². The molecule has 0 bridgehead atoms. The van der Waals surface area contributed by atoms with Gasteiger partial charge in [0.05, 0.1) is 61.9 Å². The van der Waals surface area contributed by atoms with Crippen LogP contribution in [-0.2, 0) is 19.1 Å². The van der Waals surface area contributed by atoms with Crippen molar-refractivity contribution in [2.24, 2.45) is 0 Å². The van der Waals surface area contributed by atoms with Crippen molar-refractivity contribution in [2.75, 3.05) is 39.6 Å². The molecule has 0 amide bonds. The third-order valence-corrected chi connectivity index (χ3v) is 6.47. The van der Waals surface area contributed by atoms with E-state index in [0.717, 1.165) is 0 Å². The zero-order valence-electron chi connectivity index (χ0n) is 26.4. The third kappa shape index (κ3) is 12.7. The molecular weight excluding hydrogens is 624 g/mol. The third-order valence-electron chi connectivity index (χ3n) is 6.47. The molecule has 0 aliphatic rings. The molecule has 0 saturated heterocycles. The van der Waals surface area contributed by atoms with Crippen LogP contribution in [0.5, 0.6) is 23.0 Å². The Hall–Kier alpha value is -5.46. The van der Waals surface area contributed by atoms with E-state index in [1.54, 1.807) is 48.5 Å². The topological polar surface area (TPSA) is 164 Å². The van der Waals surface area contributed by atoms with E-state index in [-0.39, 0.29) is 35.9 Å². The Kier molecular flexibility index (Phi) is 15.4. The Bertz CT molecular complexity index is 1410. The van der Waals surface area contributed by atoms with Gasteiger partial charge in [-0.1, -0.05) is 13.2 Å². The number of carbonyl (C=O) groups excluding carboxylic acids is 4. The summed E-state index contributed by atoms with van der Waals surface area (Å²) in [6.45, 7) is 7.06. The molecule has 254 valence electrons. The average molecular weight is 663 g/mol. The van der Waals surface area contributed by atoms with E-state index in [4.69, 9.17) is 38.6 Å². The number of hydrogen-bond acceptors (Lipinski definition) is 12. The largest absolute Gasteiger partial charge is 0.494 e. The van der Waals surface area contributed by atoms with E-state index in [1.807, 2.05) is 0 Å². The van der Waals surface area contributed by atoms with Crippen molar-refractivity contribution in [3.05, 3.63) is 108 Å². The Morgan fingerprint density at radius 1 is 0.479 bits per heavy atom. The second-order valence-corrected chi connectivity index (χ2v) is 10.2. The Morgan fingerprint density at radius 3 is 1.12 bits per heavy atom. The quantitative estimate of drug-likeness (QED) is 0.0748. The number of rotatable bonds is 20. The average Bonchev–Trinajstić information content (AvgIpc) is 3.11. The van der Waals surface area contributed by atoms with Crippen LogP contribution >= 0.6 is 0 Å². The van der Waals surface area contributed by atoms with E-state index in [9.17, 15) is 19.2 Å². The van der Waals surface area contributed by atoms with E-state index in [1.165, 1.54) is 24.3 Å². The highest BCUT2D eigenvalue weighted by Gasteiger charge is 2.12. The molecule has 48 heavy (non-hydrogen) atoms. The SMILES string of the molecule is C=C(CO)C(=O)OCCCCOc1ccc(C(=O)Oc2ccc(OC(=O)c3ccc(OCCCCOC(=O)C(=C)CO)cc3)cc2)cc1. The molecule has 0 aliphatic carbocycles. The predicted octanol–water partition coefficient (Wildman–Crippen LogP) is 4.63. The summed E-state index contributed by atoms with van der Waals surface area (Å²) < 4.78 is 32.0. The molecule has 2 N–H and O–H groups in total. The Labute approximate surface area is 278 Å². The maximum absolute atomic E-state index is 12.6. The smallest absolute Gasteiger partial charge is 0.343 e. The first kappa shape index (κ1) is 37.0. The van der Waals surface area contributed by atoms with Crippen molar-refractivity contribution in [1.29, 1.82) is 0 Å². The van der Waals surface area contributed by atoms with Crippen molar-refractivity contribution < 1.29 is 57.8 Å². The van der Waals surface area contributed by atoms with E-state index < -0.39 is 37.1 Å². The molecule has 12 heteroatoms. The van der Waals surface area contributed by atoms with Crippen LogP contribution in [0, 0.1) is 0 Å². The summed E-state index contributed by atoms with van der Waals surface area (Å²) >= 11 is 0. The zero-order valence-corrected chi connectivity index (χ0v) is 26.4. The van der Waals surface area contributed by atoms with Gasteiger partial charge >= 0.3 is 23.9 Å². The number of ether oxygens (including phenoxy) is 6. The minimum Gasteiger partial charge on any atom is -0.494 e. The highest BCUT2D eigenvalue weighted by atomic mass is 16.5. The number of aliphatic hydroxyl groups excluding tert-OH is 2. The van der Waals surface area contributed by atoms with Crippen LogP contribution in [0.3, 0.4) is 0 Å². The molecule has 3 aromatic rings. The molecule has 0 aromatic heterocycles. The highest BCUT2D eigenvalue weighted by Crippen LogP contribution is 2.21. The van der Waals surface area contributed by atoms with Crippen molar-refractivity contribution in [3.8, 4) is 23.0 Å². The van der Waals surface area contributed by atoms with Crippen LogP contribution in [-0.4, -0.2) is 73.7 Å². The van der Waals surface area contributed by atoms with Crippen molar-refractivity contribution in [1.82, 2.24) is 0 Å². The van der Waals surface area contributed by atoms with Gasteiger partial charge in [0.25, 0.3) is 0 Å². The normalized spacial score (nSPS) is 10.4. The fourth-order valence-electron chi connectivity index (χ4n) is 3.73. The van der Waals surface area contributed by atoms with Gasteiger partial charge in [0.2, 0.25) is 0 Å². The van der Waals surface area contributed by atoms with E-state index in [0.29, 0.717) is 61.5 Å². The molecule has 0 fully saturated rings. The van der Waals surface area contributed by atoms with Crippen molar-refractivity contribution in [2.45, 2.75) is 25.7 Å². The van der Waals surface area contributed by atoms with Gasteiger partial charge in [-0.3, -0.25) is 0 Å². The van der Waals surface area contributed by atoms with Gasteiger partial charge in [0.1, 0.15) is 23.0 Å². The van der Waals surface area contributed by atoms with Gasteiger partial charge in [0, 0.05) is 0 Å². The molecule has 12 nitrogen and oxygen atoms in total. The summed E-state index contributed by atoms with van der Waals surface area (Å²) in [6, 6.07) is 18.9. The van der Waals surface area contributed by atoms with Gasteiger partial charge in [-0.05, 0) is 98.5 Å². The number of esters is 4. The van der Waals surface area contributed by atoms with Gasteiger partial charge in [0.15, 0.2) is 0 Å². The number of carbonyl (C=O) groups is 4. The van der Waals surface area contributed by atoms with Crippen LogP contribution < -0.4 is 18.9 Å². The zero-order chi connectivity index (χ0) is 34.7.